The molecular weight excluding hydrogens is 399 g/mol. The van der Waals surface area contributed by atoms with Crippen LogP contribution in [0.1, 0.15) is 29.7 Å². The molecule has 0 saturated carbocycles. The van der Waals surface area contributed by atoms with E-state index in [-0.39, 0.29) is 10.7 Å². The fourth-order valence-corrected chi connectivity index (χ4v) is 6.67. The number of anilines is 2. The SMILES string of the molecule is Cc1ccc(Nc2ncnc3sc(C)c(S(=O)(=O)N4CCCCC4)c23)cc1F. The number of thiophene rings is 1. The van der Waals surface area contributed by atoms with Gasteiger partial charge in [-0.25, -0.2) is 22.8 Å². The third kappa shape index (κ3) is 3.38. The van der Waals surface area contributed by atoms with Gasteiger partial charge < -0.3 is 5.32 Å². The van der Waals surface area contributed by atoms with E-state index in [1.54, 1.807) is 30.3 Å². The van der Waals surface area contributed by atoms with E-state index in [9.17, 15) is 12.8 Å². The summed E-state index contributed by atoms with van der Waals surface area (Å²) < 4.78 is 42.2. The first-order valence-corrected chi connectivity index (χ1v) is 11.4. The van der Waals surface area contributed by atoms with E-state index in [0.717, 1.165) is 19.3 Å². The molecule has 3 aromatic rings. The smallest absolute Gasteiger partial charge is 0.244 e. The molecule has 4 rings (SSSR count). The maximum Gasteiger partial charge on any atom is 0.244 e. The molecule has 148 valence electrons. The molecule has 0 aliphatic carbocycles. The predicted molar refractivity (Wildman–Crippen MR) is 109 cm³/mol. The van der Waals surface area contributed by atoms with Gasteiger partial charge in [-0.05, 0) is 44.4 Å². The number of aryl methyl sites for hydroxylation is 2. The van der Waals surface area contributed by atoms with Crippen LogP contribution in [0.25, 0.3) is 10.2 Å². The van der Waals surface area contributed by atoms with Gasteiger partial charge in [-0.1, -0.05) is 12.5 Å². The number of rotatable bonds is 4. The lowest BCUT2D eigenvalue weighted by atomic mass is 10.2. The van der Waals surface area contributed by atoms with Crippen molar-refractivity contribution in [2.24, 2.45) is 0 Å². The van der Waals surface area contributed by atoms with Crippen molar-refractivity contribution in [1.29, 1.82) is 0 Å². The number of fused-ring (bicyclic) bond motifs is 1. The van der Waals surface area contributed by atoms with Gasteiger partial charge in [0, 0.05) is 23.7 Å². The Hall–Kier alpha value is -2.10. The van der Waals surface area contributed by atoms with E-state index in [4.69, 9.17) is 0 Å². The van der Waals surface area contributed by atoms with Gasteiger partial charge in [0.15, 0.2) is 0 Å². The van der Waals surface area contributed by atoms with Gasteiger partial charge in [-0.15, -0.1) is 11.3 Å². The topological polar surface area (TPSA) is 75.2 Å². The lowest BCUT2D eigenvalue weighted by Crippen LogP contribution is -2.35. The highest BCUT2D eigenvalue weighted by Gasteiger charge is 2.32. The van der Waals surface area contributed by atoms with Gasteiger partial charge in [0.2, 0.25) is 10.0 Å². The molecule has 0 unspecified atom stereocenters. The number of halogens is 1. The molecule has 0 radical (unpaired) electrons. The molecule has 0 bridgehead atoms. The molecule has 0 atom stereocenters. The summed E-state index contributed by atoms with van der Waals surface area (Å²) in [6.45, 7) is 4.53. The summed E-state index contributed by atoms with van der Waals surface area (Å²) in [5.41, 5.74) is 1.05. The largest absolute Gasteiger partial charge is 0.339 e. The monoisotopic (exact) mass is 420 g/mol. The number of sulfonamides is 1. The minimum atomic E-state index is -3.66. The molecule has 1 fully saturated rings. The van der Waals surface area contributed by atoms with Gasteiger partial charge in [-0.3, -0.25) is 0 Å². The molecule has 6 nitrogen and oxygen atoms in total. The summed E-state index contributed by atoms with van der Waals surface area (Å²) >= 11 is 1.33. The van der Waals surface area contributed by atoms with Crippen LogP contribution >= 0.6 is 11.3 Å². The first-order chi connectivity index (χ1) is 13.4. The minimum Gasteiger partial charge on any atom is -0.339 e. The Kier molecular flexibility index (Phi) is 5.07. The zero-order valence-electron chi connectivity index (χ0n) is 15.7. The molecule has 1 saturated heterocycles. The maximum atomic E-state index is 13.9. The number of hydrogen-bond acceptors (Lipinski definition) is 6. The summed E-state index contributed by atoms with van der Waals surface area (Å²) in [6.07, 6.45) is 4.17. The Balaban J connectivity index is 1.83. The number of nitrogens with one attached hydrogen (secondary N) is 1. The average Bonchev–Trinajstić information content (AvgIpc) is 3.03. The van der Waals surface area contributed by atoms with Crippen LogP contribution in [0, 0.1) is 19.7 Å². The summed E-state index contributed by atoms with van der Waals surface area (Å²) in [5.74, 6) is 0.0335. The Bertz CT molecular complexity index is 1140. The molecule has 2 aromatic heterocycles. The molecule has 9 heteroatoms. The fraction of sp³-hybridized carbons (Fsp3) is 0.368. The predicted octanol–water partition coefficient (Wildman–Crippen LogP) is 4.37. The van der Waals surface area contributed by atoms with Crippen LogP contribution in [0.15, 0.2) is 29.4 Å². The molecule has 0 amide bonds. The normalized spacial score (nSPS) is 15.8. The average molecular weight is 421 g/mol. The van der Waals surface area contributed by atoms with Crippen molar-refractivity contribution in [3.63, 3.8) is 0 Å². The number of piperidine rings is 1. The highest BCUT2D eigenvalue weighted by atomic mass is 32.2. The van der Waals surface area contributed by atoms with Crippen LogP contribution in [0.5, 0.6) is 0 Å². The van der Waals surface area contributed by atoms with Crippen molar-refractivity contribution in [2.75, 3.05) is 18.4 Å². The van der Waals surface area contributed by atoms with Gasteiger partial charge in [0.25, 0.3) is 0 Å². The molecule has 1 aliphatic heterocycles. The summed E-state index contributed by atoms with van der Waals surface area (Å²) in [5, 5.41) is 3.55. The third-order valence-electron chi connectivity index (χ3n) is 4.96. The quantitative estimate of drug-likeness (QED) is 0.679. The van der Waals surface area contributed by atoms with Crippen molar-refractivity contribution in [3.8, 4) is 0 Å². The Morgan fingerprint density at radius 3 is 2.61 bits per heavy atom. The molecule has 0 spiro atoms. The molecule has 1 N–H and O–H groups in total. The van der Waals surface area contributed by atoms with Crippen LogP contribution in [0.4, 0.5) is 15.9 Å². The van der Waals surface area contributed by atoms with Crippen molar-refractivity contribution in [3.05, 3.63) is 40.8 Å². The minimum absolute atomic E-state index is 0.255. The van der Waals surface area contributed by atoms with Gasteiger partial charge in [0.1, 0.15) is 27.7 Å². The van der Waals surface area contributed by atoms with E-state index in [1.165, 1.54) is 23.7 Å². The summed E-state index contributed by atoms with van der Waals surface area (Å²) in [6, 6.07) is 4.78. The van der Waals surface area contributed by atoms with Gasteiger partial charge in [0.05, 0.1) is 5.39 Å². The van der Waals surface area contributed by atoms with Crippen LogP contribution in [-0.2, 0) is 10.0 Å². The number of benzene rings is 1. The van der Waals surface area contributed by atoms with Crippen molar-refractivity contribution < 1.29 is 12.8 Å². The van der Waals surface area contributed by atoms with Crippen LogP contribution in [-0.4, -0.2) is 35.8 Å². The summed E-state index contributed by atoms with van der Waals surface area (Å²) in [4.78, 5) is 10.1. The standard InChI is InChI=1S/C19H21FN4O2S2/c1-12-6-7-14(10-15(12)20)23-18-16-17(13(2)27-19(16)22-11-21-18)28(25,26)24-8-4-3-5-9-24/h6-7,10-11H,3-5,8-9H2,1-2H3,(H,21,22,23). The lowest BCUT2D eigenvalue weighted by molar-refractivity contribution is 0.347. The molecule has 1 aromatic carbocycles. The van der Waals surface area contributed by atoms with Gasteiger partial charge in [-0.2, -0.15) is 4.31 Å². The zero-order chi connectivity index (χ0) is 19.9. The number of hydrogen-bond donors (Lipinski definition) is 1. The van der Waals surface area contributed by atoms with Crippen molar-refractivity contribution in [1.82, 2.24) is 14.3 Å². The van der Waals surface area contributed by atoms with E-state index < -0.39 is 10.0 Å². The highest BCUT2D eigenvalue weighted by molar-refractivity contribution is 7.89. The first-order valence-electron chi connectivity index (χ1n) is 9.15. The molecule has 3 heterocycles. The van der Waals surface area contributed by atoms with Crippen LogP contribution < -0.4 is 5.32 Å². The summed E-state index contributed by atoms with van der Waals surface area (Å²) in [7, 11) is -3.66. The molecule has 28 heavy (non-hydrogen) atoms. The zero-order valence-corrected chi connectivity index (χ0v) is 17.3. The second kappa shape index (κ2) is 7.38. The Labute approximate surface area is 167 Å². The Morgan fingerprint density at radius 1 is 1.14 bits per heavy atom. The second-order valence-electron chi connectivity index (χ2n) is 6.94. The Morgan fingerprint density at radius 2 is 1.89 bits per heavy atom. The van der Waals surface area contributed by atoms with Crippen molar-refractivity contribution >= 4 is 43.1 Å². The van der Waals surface area contributed by atoms with E-state index >= 15 is 0 Å². The third-order valence-corrected chi connectivity index (χ3v) is 8.17. The maximum absolute atomic E-state index is 13.9. The second-order valence-corrected chi connectivity index (χ2v) is 10.0. The van der Waals surface area contributed by atoms with E-state index in [2.05, 4.69) is 15.3 Å². The molecular formula is C19H21FN4O2S2. The van der Waals surface area contributed by atoms with E-state index in [0.29, 0.717) is 45.3 Å². The molecule has 1 aliphatic rings. The van der Waals surface area contributed by atoms with Gasteiger partial charge >= 0.3 is 0 Å². The number of nitrogens with zero attached hydrogens (tertiary/aromatic N) is 3. The van der Waals surface area contributed by atoms with Crippen LogP contribution in [0.2, 0.25) is 0 Å². The van der Waals surface area contributed by atoms with Crippen molar-refractivity contribution in [2.45, 2.75) is 38.0 Å². The lowest BCUT2D eigenvalue weighted by Gasteiger charge is -2.26. The fourth-order valence-electron chi connectivity index (χ4n) is 3.47. The number of aromatic nitrogens is 2. The first kappa shape index (κ1) is 19.2. The van der Waals surface area contributed by atoms with E-state index in [1.807, 2.05) is 0 Å². The highest BCUT2D eigenvalue weighted by Crippen LogP contribution is 2.39. The van der Waals surface area contributed by atoms with Crippen LogP contribution in [0.3, 0.4) is 0 Å².